The zero-order valence-corrected chi connectivity index (χ0v) is 13.1. The summed E-state index contributed by atoms with van der Waals surface area (Å²) in [6.45, 7) is 0.165. The SMILES string of the molecule is O=C(COc1ccc2c(c1)CCC2)NCC(O)c1ccsc1. The molecule has 0 saturated heterocycles. The Morgan fingerprint density at radius 2 is 2.18 bits per heavy atom. The smallest absolute Gasteiger partial charge is 0.258 e. The third kappa shape index (κ3) is 3.67. The monoisotopic (exact) mass is 317 g/mol. The summed E-state index contributed by atoms with van der Waals surface area (Å²) >= 11 is 1.52. The topological polar surface area (TPSA) is 58.6 Å². The number of rotatable bonds is 6. The molecule has 3 rings (SSSR count). The van der Waals surface area contributed by atoms with Gasteiger partial charge in [-0.15, -0.1) is 0 Å². The van der Waals surface area contributed by atoms with Crippen LogP contribution in [0.2, 0.25) is 0 Å². The highest BCUT2D eigenvalue weighted by atomic mass is 32.1. The van der Waals surface area contributed by atoms with Crippen LogP contribution < -0.4 is 10.1 Å². The molecular formula is C17H19NO3S. The number of hydrogen-bond acceptors (Lipinski definition) is 4. The summed E-state index contributed by atoms with van der Waals surface area (Å²) in [4.78, 5) is 11.8. The molecule has 1 atom stereocenters. The van der Waals surface area contributed by atoms with Crippen molar-refractivity contribution in [1.82, 2.24) is 5.32 Å². The number of hydrogen-bond donors (Lipinski definition) is 2. The van der Waals surface area contributed by atoms with Crippen molar-refractivity contribution >= 4 is 17.2 Å². The van der Waals surface area contributed by atoms with Gasteiger partial charge in [-0.1, -0.05) is 6.07 Å². The van der Waals surface area contributed by atoms with E-state index in [1.54, 1.807) is 0 Å². The average Bonchev–Trinajstić information content (AvgIpc) is 3.20. The number of benzene rings is 1. The van der Waals surface area contributed by atoms with E-state index in [2.05, 4.69) is 11.4 Å². The standard InChI is InChI=1S/C17H19NO3S/c19-16(14-6-7-22-11-14)9-18-17(20)10-21-15-5-4-12-2-1-3-13(12)8-15/h4-8,11,16,19H,1-3,9-10H2,(H,18,20). The van der Waals surface area contributed by atoms with Crippen molar-refractivity contribution in [3.8, 4) is 5.75 Å². The van der Waals surface area contributed by atoms with E-state index >= 15 is 0 Å². The minimum atomic E-state index is -0.671. The molecule has 1 aromatic carbocycles. The molecule has 0 radical (unpaired) electrons. The van der Waals surface area contributed by atoms with Gasteiger partial charge in [-0.25, -0.2) is 0 Å². The second-order valence-corrected chi connectivity index (χ2v) is 6.23. The lowest BCUT2D eigenvalue weighted by molar-refractivity contribution is -0.123. The summed E-state index contributed by atoms with van der Waals surface area (Å²) in [5, 5.41) is 16.4. The van der Waals surface area contributed by atoms with Gasteiger partial charge in [-0.2, -0.15) is 11.3 Å². The van der Waals surface area contributed by atoms with Crippen molar-refractivity contribution in [1.29, 1.82) is 0 Å². The molecule has 22 heavy (non-hydrogen) atoms. The molecule has 1 unspecified atom stereocenters. The molecule has 0 spiro atoms. The van der Waals surface area contributed by atoms with E-state index in [1.165, 1.54) is 28.9 Å². The molecule has 1 aliphatic rings. The molecule has 4 nitrogen and oxygen atoms in total. The molecule has 1 amide bonds. The number of aryl methyl sites for hydroxylation is 2. The quantitative estimate of drug-likeness (QED) is 0.860. The van der Waals surface area contributed by atoms with E-state index in [9.17, 15) is 9.90 Å². The first kappa shape index (κ1) is 15.1. The molecule has 0 bridgehead atoms. The largest absolute Gasteiger partial charge is 0.484 e. The second-order valence-electron chi connectivity index (χ2n) is 5.45. The minimum Gasteiger partial charge on any atom is -0.484 e. The lowest BCUT2D eigenvalue weighted by Crippen LogP contribution is -2.32. The van der Waals surface area contributed by atoms with E-state index in [-0.39, 0.29) is 19.1 Å². The van der Waals surface area contributed by atoms with Gasteiger partial charge in [0.1, 0.15) is 5.75 Å². The maximum atomic E-state index is 11.8. The summed E-state index contributed by atoms with van der Waals surface area (Å²) in [7, 11) is 0. The van der Waals surface area contributed by atoms with Gasteiger partial charge < -0.3 is 15.2 Å². The lowest BCUT2D eigenvalue weighted by Gasteiger charge is -2.11. The van der Waals surface area contributed by atoms with Crippen molar-refractivity contribution in [2.75, 3.05) is 13.2 Å². The Morgan fingerprint density at radius 1 is 1.32 bits per heavy atom. The van der Waals surface area contributed by atoms with Gasteiger partial charge in [0.15, 0.2) is 6.61 Å². The van der Waals surface area contributed by atoms with Crippen LogP contribution in [0.3, 0.4) is 0 Å². The van der Waals surface area contributed by atoms with Crippen molar-refractivity contribution in [3.05, 3.63) is 51.7 Å². The summed E-state index contributed by atoms with van der Waals surface area (Å²) in [6.07, 6.45) is 2.75. The molecule has 0 aliphatic heterocycles. The third-order valence-electron chi connectivity index (χ3n) is 3.86. The number of aliphatic hydroxyl groups is 1. The summed E-state index contributed by atoms with van der Waals surface area (Å²) in [5.41, 5.74) is 3.53. The van der Waals surface area contributed by atoms with Crippen molar-refractivity contribution in [3.63, 3.8) is 0 Å². The number of amides is 1. The van der Waals surface area contributed by atoms with Gasteiger partial charge >= 0.3 is 0 Å². The van der Waals surface area contributed by atoms with Crippen molar-refractivity contribution in [2.45, 2.75) is 25.4 Å². The van der Waals surface area contributed by atoms with Crippen molar-refractivity contribution in [2.24, 2.45) is 0 Å². The number of nitrogens with one attached hydrogen (secondary N) is 1. The van der Waals surface area contributed by atoms with Crippen LogP contribution in [-0.2, 0) is 17.6 Å². The number of carbonyl (C=O) groups excluding carboxylic acids is 1. The maximum Gasteiger partial charge on any atom is 0.258 e. The van der Waals surface area contributed by atoms with Crippen LogP contribution in [0, 0.1) is 0 Å². The van der Waals surface area contributed by atoms with Crippen LogP contribution in [0.1, 0.15) is 29.2 Å². The molecule has 116 valence electrons. The Kier molecular flexibility index (Phi) is 4.75. The molecule has 1 aromatic heterocycles. The normalized spacial score (nSPS) is 14.4. The predicted molar refractivity (Wildman–Crippen MR) is 86.3 cm³/mol. The van der Waals surface area contributed by atoms with E-state index in [4.69, 9.17) is 4.74 Å². The number of ether oxygens (including phenoxy) is 1. The Hall–Kier alpha value is -1.85. The van der Waals surface area contributed by atoms with Gasteiger partial charge in [-0.05, 0) is 64.9 Å². The van der Waals surface area contributed by atoms with E-state index in [0.717, 1.165) is 24.2 Å². The predicted octanol–water partition coefficient (Wildman–Crippen LogP) is 2.47. The molecule has 0 fully saturated rings. The van der Waals surface area contributed by atoms with Gasteiger partial charge in [-0.3, -0.25) is 4.79 Å². The van der Waals surface area contributed by atoms with Crippen LogP contribution >= 0.6 is 11.3 Å². The summed E-state index contributed by atoms with van der Waals surface area (Å²) in [6, 6.07) is 7.87. The zero-order valence-electron chi connectivity index (χ0n) is 12.2. The van der Waals surface area contributed by atoms with Crippen LogP contribution in [0.5, 0.6) is 5.75 Å². The lowest BCUT2D eigenvalue weighted by atomic mass is 10.1. The molecule has 2 aromatic rings. The first-order chi connectivity index (χ1) is 10.7. The molecular weight excluding hydrogens is 298 g/mol. The first-order valence-corrected chi connectivity index (χ1v) is 8.38. The second kappa shape index (κ2) is 6.94. The van der Waals surface area contributed by atoms with Gasteiger partial charge in [0.25, 0.3) is 5.91 Å². The third-order valence-corrected chi connectivity index (χ3v) is 4.56. The highest BCUT2D eigenvalue weighted by molar-refractivity contribution is 7.07. The Morgan fingerprint density at radius 3 is 3.00 bits per heavy atom. The van der Waals surface area contributed by atoms with Gasteiger partial charge in [0, 0.05) is 6.54 Å². The molecule has 2 N–H and O–H groups in total. The van der Waals surface area contributed by atoms with Gasteiger partial charge in [0.2, 0.25) is 0 Å². The maximum absolute atomic E-state index is 11.8. The van der Waals surface area contributed by atoms with Crippen LogP contribution in [-0.4, -0.2) is 24.2 Å². The summed E-state index contributed by atoms with van der Waals surface area (Å²) in [5.74, 6) is 0.504. The average molecular weight is 317 g/mol. The minimum absolute atomic E-state index is 0.0326. The molecule has 1 aliphatic carbocycles. The van der Waals surface area contributed by atoms with Crippen LogP contribution in [0.15, 0.2) is 35.0 Å². The van der Waals surface area contributed by atoms with E-state index in [1.807, 2.05) is 29.0 Å². The van der Waals surface area contributed by atoms with E-state index < -0.39 is 6.10 Å². The van der Waals surface area contributed by atoms with E-state index in [0.29, 0.717) is 0 Å². The number of carbonyl (C=O) groups is 1. The fourth-order valence-electron chi connectivity index (χ4n) is 2.63. The molecule has 1 heterocycles. The van der Waals surface area contributed by atoms with Gasteiger partial charge in [0.05, 0.1) is 6.10 Å². The van der Waals surface area contributed by atoms with Crippen LogP contribution in [0.4, 0.5) is 0 Å². The summed E-state index contributed by atoms with van der Waals surface area (Å²) < 4.78 is 5.52. The molecule has 5 heteroatoms. The number of thiophene rings is 1. The number of aliphatic hydroxyl groups excluding tert-OH is 1. The highest BCUT2D eigenvalue weighted by Crippen LogP contribution is 2.25. The number of fused-ring (bicyclic) bond motifs is 1. The fourth-order valence-corrected chi connectivity index (χ4v) is 3.34. The first-order valence-electron chi connectivity index (χ1n) is 7.44. The zero-order chi connectivity index (χ0) is 15.4. The Balaban J connectivity index is 1.44. The Bertz CT molecular complexity index is 639. The fraction of sp³-hybridized carbons (Fsp3) is 0.353. The van der Waals surface area contributed by atoms with Crippen LogP contribution in [0.25, 0.3) is 0 Å². The highest BCUT2D eigenvalue weighted by Gasteiger charge is 2.13. The van der Waals surface area contributed by atoms with Crippen molar-refractivity contribution < 1.29 is 14.6 Å². The molecule has 0 saturated carbocycles. The Labute approximate surface area is 133 Å².